The van der Waals surface area contributed by atoms with E-state index in [1.165, 1.54) is 13.3 Å². The second-order valence-corrected chi connectivity index (χ2v) is 9.97. The Morgan fingerprint density at radius 2 is 1.69 bits per heavy atom. The van der Waals surface area contributed by atoms with Crippen LogP contribution < -0.4 is 10.6 Å². The molecular weight excluding hydrogens is 440 g/mol. The molecule has 0 saturated heterocycles. The Kier molecular flexibility index (Phi) is 6.09. The number of amides is 3. The van der Waals surface area contributed by atoms with Crippen molar-refractivity contribution in [3.8, 4) is 0 Å². The van der Waals surface area contributed by atoms with Gasteiger partial charge in [0.05, 0.1) is 17.7 Å². The van der Waals surface area contributed by atoms with Crippen LogP contribution in [-0.2, 0) is 22.7 Å². The van der Waals surface area contributed by atoms with Gasteiger partial charge in [-0.25, -0.2) is 0 Å². The van der Waals surface area contributed by atoms with Gasteiger partial charge < -0.3 is 20.1 Å². The minimum Gasteiger partial charge on any atom is -0.351 e. The van der Waals surface area contributed by atoms with Crippen molar-refractivity contribution < 1.29 is 14.4 Å². The van der Waals surface area contributed by atoms with Crippen molar-refractivity contribution in [1.29, 1.82) is 0 Å². The number of fused-ring (bicyclic) bond motifs is 3. The van der Waals surface area contributed by atoms with Crippen LogP contribution in [0.2, 0.25) is 0 Å². The summed E-state index contributed by atoms with van der Waals surface area (Å²) >= 11 is 0. The first-order valence-electron chi connectivity index (χ1n) is 12.4. The van der Waals surface area contributed by atoms with Crippen LogP contribution in [0.5, 0.6) is 0 Å². The van der Waals surface area contributed by atoms with Gasteiger partial charge in [0.2, 0.25) is 11.8 Å². The molecular formula is C28H32N4O3. The van der Waals surface area contributed by atoms with E-state index in [0.29, 0.717) is 24.5 Å². The minimum atomic E-state index is -1.09. The third-order valence-corrected chi connectivity index (χ3v) is 7.39. The molecule has 2 aliphatic rings. The normalized spacial score (nSPS) is 20.5. The number of nitrogens with zero attached hydrogens (tertiary/aromatic N) is 2. The number of carbonyl (C=O) groups is 3. The van der Waals surface area contributed by atoms with Crippen molar-refractivity contribution in [2.24, 2.45) is 0 Å². The van der Waals surface area contributed by atoms with Gasteiger partial charge in [-0.3, -0.25) is 14.4 Å². The highest BCUT2D eigenvalue weighted by atomic mass is 16.2. The maximum Gasteiger partial charge on any atom is 0.273 e. The van der Waals surface area contributed by atoms with Crippen LogP contribution in [0, 0.1) is 0 Å². The maximum atomic E-state index is 14.2. The largest absolute Gasteiger partial charge is 0.351 e. The topological polar surface area (TPSA) is 83.4 Å². The molecule has 7 heteroatoms. The van der Waals surface area contributed by atoms with Crippen LogP contribution in [0.1, 0.15) is 62.0 Å². The van der Waals surface area contributed by atoms with Gasteiger partial charge in [-0.1, -0.05) is 67.8 Å². The average Bonchev–Trinajstić information content (AvgIpc) is 3.15. The van der Waals surface area contributed by atoms with E-state index < -0.39 is 5.54 Å². The van der Waals surface area contributed by atoms with Crippen molar-refractivity contribution in [1.82, 2.24) is 14.8 Å². The van der Waals surface area contributed by atoms with E-state index in [2.05, 4.69) is 10.6 Å². The zero-order valence-electron chi connectivity index (χ0n) is 20.3. The molecule has 2 heterocycles. The third kappa shape index (κ3) is 4.20. The van der Waals surface area contributed by atoms with E-state index in [1.807, 2.05) is 66.1 Å². The van der Waals surface area contributed by atoms with Gasteiger partial charge in [0, 0.05) is 24.9 Å². The van der Waals surface area contributed by atoms with Crippen LogP contribution in [0.25, 0.3) is 10.9 Å². The molecule has 3 aromatic rings. The lowest BCUT2D eigenvalue weighted by Gasteiger charge is -2.45. The predicted octanol–water partition coefficient (Wildman–Crippen LogP) is 4.46. The molecule has 1 aliphatic heterocycles. The molecule has 1 aliphatic carbocycles. The Bertz CT molecular complexity index is 1280. The summed E-state index contributed by atoms with van der Waals surface area (Å²) in [6.07, 6.45) is 5.37. The number of carbonyl (C=O) groups excluding carboxylic acids is 3. The lowest BCUT2D eigenvalue weighted by Crippen LogP contribution is -2.64. The number of rotatable bonds is 5. The van der Waals surface area contributed by atoms with E-state index in [0.717, 1.165) is 42.1 Å². The van der Waals surface area contributed by atoms with Crippen LogP contribution in [0.3, 0.4) is 0 Å². The Hall–Kier alpha value is -3.61. The molecule has 0 radical (unpaired) electrons. The highest BCUT2D eigenvalue weighted by molar-refractivity contribution is 6.14. The fourth-order valence-electron chi connectivity index (χ4n) is 5.53. The smallest absolute Gasteiger partial charge is 0.273 e. The zero-order chi connectivity index (χ0) is 24.6. The van der Waals surface area contributed by atoms with E-state index in [-0.39, 0.29) is 23.8 Å². The number of hydrogen-bond donors (Lipinski definition) is 2. The molecule has 0 spiro atoms. The summed E-state index contributed by atoms with van der Waals surface area (Å²) in [4.78, 5) is 41.8. The molecule has 2 N–H and O–H groups in total. The summed E-state index contributed by atoms with van der Waals surface area (Å²) < 4.78 is 1.91. The summed E-state index contributed by atoms with van der Waals surface area (Å²) in [6.45, 7) is 3.91. The van der Waals surface area contributed by atoms with Crippen LogP contribution >= 0.6 is 0 Å². The quantitative estimate of drug-likeness (QED) is 0.575. The van der Waals surface area contributed by atoms with Crippen molar-refractivity contribution >= 4 is 34.3 Å². The molecule has 7 nitrogen and oxygen atoms in total. The number of benzene rings is 2. The summed E-state index contributed by atoms with van der Waals surface area (Å²) in [5, 5.41) is 6.95. The molecule has 1 aromatic heterocycles. The Labute approximate surface area is 205 Å². The second kappa shape index (κ2) is 9.21. The van der Waals surface area contributed by atoms with Crippen molar-refractivity contribution in [3.05, 3.63) is 65.9 Å². The highest BCUT2D eigenvalue weighted by Gasteiger charge is 2.49. The van der Waals surface area contributed by atoms with E-state index >= 15 is 0 Å². The van der Waals surface area contributed by atoms with Crippen molar-refractivity contribution in [2.75, 3.05) is 5.32 Å². The molecule has 3 amide bonds. The molecule has 1 saturated carbocycles. The van der Waals surface area contributed by atoms with Gasteiger partial charge in [0.1, 0.15) is 11.2 Å². The number of nitrogens with one attached hydrogen (secondary N) is 2. The predicted molar refractivity (Wildman–Crippen MR) is 136 cm³/mol. The van der Waals surface area contributed by atoms with Gasteiger partial charge in [-0.15, -0.1) is 0 Å². The molecule has 1 atom stereocenters. The van der Waals surface area contributed by atoms with Crippen LogP contribution in [-0.4, -0.2) is 38.8 Å². The Balaban J connectivity index is 1.62. The third-order valence-electron chi connectivity index (χ3n) is 7.39. The summed E-state index contributed by atoms with van der Waals surface area (Å²) in [6, 6.07) is 17.5. The molecule has 35 heavy (non-hydrogen) atoms. The minimum absolute atomic E-state index is 0.127. The lowest BCUT2D eigenvalue weighted by atomic mass is 9.91. The number of aromatic nitrogens is 1. The fourth-order valence-corrected chi connectivity index (χ4v) is 5.53. The van der Waals surface area contributed by atoms with Crippen molar-refractivity contribution in [2.45, 2.75) is 70.6 Å². The summed E-state index contributed by atoms with van der Waals surface area (Å²) in [7, 11) is 0. The van der Waals surface area contributed by atoms with Crippen LogP contribution in [0.15, 0.2) is 54.6 Å². The van der Waals surface area contributed by atoms with E-state index in [4.69, 9.17) is 0 Å². The molecule has 2 aromatic carbocycles. The molecule has 1 fully saturated rings. The summed E-state index contributed by atoms with van der Waals surface area (Å²) in [5.74, 6) is -0.630. The number of hydrogen-bond acceptors (Lipinski definition) is 3. The first-order valence-corrected chi connectivity index (χ1v) is 12.4. The first-order chi connectivity index (χ1) is 16.9. The number of para-hydroxylation sites is 1. The van der Waals surface area contributed by atoms with Gasteiger partial charge in [0.15, 0.2) is 0 Å². The molecule has 0 bridgehead atoms. The molecule has 182 valence electrons. The SMILES string of the molecule is CC(=O)Nc1c2n(c3ccccc13)CC(C)(C(=O)NC1CCCCC1)N(Cc1ccccc1)C2=O. The first kappa shape index (κ1) is 23.1. The Morgan fingerprint density at radius 1 is 1.00 bits per heavy atom. The van der Waals surface area contributed by atoms with E-state index in [9.17, 15) is 14.4 Å². The standard InChI is InChI=1S/C28H32N4O3/c1-19(33)29-24-22-15-9-10-16-23(22)31-18-28(2,27(35)30-21-13-7-4-8-14-21)32(26(34)25(24)31)17-20-11-5-3-6-12-20/h3,5-6,9-12,15-16,21H,4,7-8,13-14,17-18H2,1-2H3,(H,29,33)(H,30,35). The highest BCUT2D eigenvalue weighted by Crippen LogP contribution is 2.39. The van der Waals surface area contributed by atoms with E-state index in [1.54, 1.807) is 4.90 Å². The monoisotopic (exact) mass is 472 g/mol. The number of anilines is 1. The van der Waals surface area contributed by atoms with Gasteiger partial charge >= 0.3 is 0 Å². The lowest BCUT2D eigenvalue weighted by molar-refractivity contribution is -0.134. The fraction of sp³-hybridized carbons (Fsp3) is 0.393. The van der Waals surface area contributed by atoms with Gasteiger partial charge in [-0.05, 0) is 31.4 Å². The molecule has 5 rings (SSSR count). The Morgan fingerprint density at radius 3 is 2.40 bits per heavy atom. The molecule has 1 unspecified atom stereocenters. The van der Waals surface area contributed by atoms with Gasteiger partial charge in [0.25, 0.3) is 5.91 Å². The average molecular weight is 473 g/mol. The van der Waals surface area contributed by atoms with Crippen molar-refractivity contribution in [3.63, 3.8) is 0 Å². The van der Waals surface area contributed by atoms with Gasteiger partial charge in [-0.2, -0.15) is 0 Å². The summed E-state index contributed by atoms with van der Waals surface area (Å²) in [5.41, 5.74) is 1.61. The van der Waals surface area contributed by atoms with Crippen LogP contribution in [0.4, 0.5) is 5.69 Å². The maximum absolute atomic E-state index is 14.2. The second-order valence-electron chi connectivity index (χ2n) is 9.97. The zero-order valence-corrected chi connectivity index (χ0v) is 20.3.